The van der Waals surface area contributed by atoms with E-state index in [0.29, 0.717) is 0 Å². The molecule has 3 aromatic carbocycles. The molecule has 0 saturated heterocycles. The fourth-order valence-corrected chi connectivity index (χ4v) is 3.18. The van der Waals surface area contributed by atoms with Crippen molar-refractivity contribution in [2.75, 3.05) is 5.73 Å². The van der Waals surface area contributed by atoms with E-state index >= 15 is 0 Å². The lowest BCUT2D eigenvalue weighted by atomic mass is 9.97. The van der Waals surface area contributed by atoms with Crippen LogP contribution in [-0.2, 0) is 6.42 Å². The molecule has 0 saturated carbocycles. The van der Waals surface area contributed by atoms with Gasteiger partial charge in [0, 0.05) is 10.6 Å². The van der Waals surface area contributed by atoms with Gasteiger partial charge in [0.25, 0.3) is 0 Å². The van der Waals surface area contributed by atoms with Crippen LogP contribution in [0.3, 0.4) is 0 Å². The number of hydrogen-bond donors (Lipinski definition) is 2. The number of benzene rings is 3. The van der Waals surface area contributed by atoms with E-state index in [1.165, 1.54) is 11.1 Å². The highest BCUT2D eigenvalue weighted by Gasteiger charge is 2.06. The second-order valence-electron chi connectivity index (χ2n) is 6.31. The highest BCUT2D eigenvalue weighted by molar-refractivity contribution is 7.80. The van der Waals surface area contributed by atoms with Crippen LogP contribution < -0.4 is 5.73 Å². The lowest BCUT2D eigenvalue weighted by Gasteiger charge is -2.10. The summed E-state index contributed by atoms with van der Waals surface area (Å²) in [5.74, 6) is 0. The maximum absolute atomic E-state index is 5.81. The Bertz CT molecular complexity index is 981. The Morgan fingerprint density at radius 1 is 0.815 bits per heavy atom. The first-order chi connectivity index (χ1) is 13.2. The molecular formula is C25H23NS. The zero-order chi connectivity index (χ0) is 19.1. The van der Waals surface area contributed by atoms with E-state index in [1.54, 1.807) is 6.08 Å². The van der Waals surface area contributed by atoms with Gasteiger partial charge in [0.1, 0.15) is 0 Å². The van der Waals surface area contributed by atoms with E-state index in [1.807, 2.05) is 42.5 Å². The quantitative estimate of drug-likeness (QED) is 0.281. The molecule has 0 spiro atoms. The van der Waals surface area contributed by atoms with Crippen LogP contribution in [0.1, 0.15) is 5.56 Å². The van der Waals surface area contributed by atoms with E-state index in [-0.39, 0.29) is 0 Å². The molecule has 0 aliphatic carbocycles. The highest BCUT2D eigenvalue weighted by Crippen LogP contribution is 2.32. The Balaban J connectivity index is 1.89. The Morgan fingerprint density at radius 3 is 2.37 bits per heavy atom. The maximum atomic E-state index is 5.81. The van der Waals surface area contributed by atoms with E-state index in [4.69, 9.17) is 5.73 Å². The van der Waals surface area contributed by atoms with Gasteiger partial charge in [0.2, 0.25) is 0 Å². The topological polar surface area (TPSA) is 26.0 Å². The molecule has 0 atom stereocenters. The molecule has 0 radical (unpaired) electrons. The summed E-state index contributed by atoms with van der Waals surface area (Å²) in [4.78, 5) is 0.968. The molecule has 0 fully saturated rings. The number of nitrogens with two attached hydrogens (primary N) is 1. The average molecular weight is 370 g/mol. The monoisotopic (exact) mass is 369 g/mol. The lowest BCUT2D eigenvalue weighted by molar-refractivity contribution is 1.27. The molecule has 2 heteroatoms. The van der Waals surface area contributed by atoms with Crippen molar-refractivity contribution in [2.45, 2.75) is 11.3 Å². The molecule has 3 aromatic rings. The van der Waals surface area contributed by atoms with Gasteiger partial charge < -0.3 is 5.73 Å². The third kappa shape index (κ3) is 5.02. The first-order valence-corrected chi connectivity index (χ1v) is 9.34. The molecule has 0 aromatic heterocycles. The van der Waals surface area contributed by atoms with Gasteiger partial charge in [-0.15, -0.1) is 12.6 Å². The minimum absolute atomic E-state index is 0.772. The Labute approximate surface area is 167 Å². The average Bonchev–Trinajstić information content (AvgIpc) is 2.69. The summed E-state index contributed by atoms with van der Waals surface area (Å²) in [7, 11) is 0. The van der Waals surface area contributed by atoms with Crippen molar-refractivity contribution in [3.8, 4) is 22.3 Å². The van der Waals surface area contributed by atoms with E-state index in [2.05, 4.69) is 67.7 Å². The van der Waals surface area contributed by atoms with Crippen molar-refractivity contribution in [3.05, 3.63) is 109 Å². The van der Waals surface area contributed by atoms with Crippen LogP contribution in [-0.4, -0.2) is 0 Å². The standard InChI is InChI=1S/C25H23NS/c1-2-3-4-5-6-8-19-9-7-10-22(17-19)24-18-21(13-16-25(24)27)20-11-14-23(26)15-12-20/h2-7,9-18,27H,1,8,26H2/b4-3-,6-5-. The van der Waals surface area contributed by atoms with Crippen LogP contribution in [0.2, 0.25) is 0 Å². The maximum Gasteiger partial charge on any atom is 0.0314 e. The summed E-state index contributed by atoms with van der Waals surface area (Å²) in [6.45, 7) is 3.67. The zero-order valence-corrected chi connectivity index (χ0v) is 16.1. The summed E-state index contributed by atoms with van der Waals surface area (Å²) in [6.07, 6.45) is 10.7. The van der Waals surface area contributed by atoms with Crippen LogP contribution in [0.4, 0.5) is 5.69 Å². The van der Waals surface area contributed by atoms with Crippen LogP contribution in [0.5, 0.6) is 0 Å². The van der Waals surface area contributed by atoms with E-state index < -0.39 is 0 Å². The lowest BCUT2D eigenvalue weighted by Crippen LogP contribution is -1.88. The molecule has 0 aliphatic rings. The summed E-state index contributed by atoms with van der Waals surface area (Å²) in [6, 6.07) is 22.9. The van der Waals surface area contributed by atoms with Gasteiger partial charge >= 0.3 is 0 Å². The van der Waals surface area contributed by atoms with E-state index in [9.17, 15) is 0 Å². The molecule has 0 amide bonds. The Kier molecular flexibility index (Phi) is 6.35. The Morgan fingerprint density at radius 2 is 1.59 bits per heavy atom. The summed E-state index contributed by atoms with van der Waals surface area (Å²) >= 11 is 4.68. The van der Waals surface area contributed by atoms with Gasteiger partial charge in [0.05, 0.1) is 0 Å². The third-order valence-electron chi connectivity index (χ3n) is 4.33. The van der Waals surface area contributed by atoms with Gasteiger partial charge in [-0.3, -0.25) is 0 Å². The van der Waals surface area contributed by atoms with Gasteiger partial charge in [0.15, 0.2) is 0 Å². The summed E-state index contributed by atoms with van der Waals surface area (Å²) in [5.41, 5.74) is 12.4. The van der Waals surface area contributed by atoms with Crippen molar-refractivity contribution in [2.24, 2.45) is 0 Å². The number of thiol groups is 1. The fraction of sp³-hybridized carbons (Fsp3) is 0.0400. The molecule has 1 nitrogen and oxygen atoms in total. The van der Waals surface area contributed by atoms with Crippen molar-refractivity contribution < 1.29 is 0 Å². The molecule has 2 N–H and O–H groups in total. The third-order valence-corrected chi connectivity index (χ3v) is 4.72. The molecule has 134 valence electrons. The van der Waals surface area contributed by atoms with Gasteiger partial charge in [-0.05, 0) is 58.5 Å². The summed E-state index contributed by atoms with van der Waals surface area (Å²) in [5, 5.41) is 0. The minimum Gasteiger partial charge on any atom is -0.399 e. The van der Waals surface area contributed by atoms with E-state index in [0.717, 1.165) is 33.7 Å². The minimum atomic E-state index is 0.772. The normalized spacial score (nSPS) is 11.3. The second-order valence-corrected chi connectivity index (χ2v) is 6.79. The molecule has 0 heterocycles. The number of nitrogen functional groups attached to an aromatic ring is 1. The molecule has 3 rings (SSSR count). The largest absolute Gasteiger partial charge is 0.399 e. The highest BCUT2D eigenvalue weighted by atomic mass is 32.1. The SMILES string of the molecule is C=C/C=C\C=C/Cc1cccc(-c2cc(-c3ccc(N)cc3)ccc2S)c1. The van der Waals surface area contributed by atoms with Crippen LogP contribution in [0.15, 0.2) is 109 Å². The van der Waals surface area contributed by atoms with Crippen molar-refractivity contribution in [3.63, 3.8) is 0 Å². The van der Waals surface area contributed by atoms with Crippen molar-refractivity contribution in [1.82, 2.24) is 0 Å². The number of anilines is 1. The first kappa shape index (κ1) is 18.8. The molecule has 0 unspecified atom stereocenters. The number of rotatable bonds is 6. The molecule has 27 heavy (non-hydrogen) atoms. The predicted molar refractivity (Wildman–Crippen MR) is 121 cm³/mol. The van der Waals surface area contributed by atoms with Gasteiger partial charge in [-0.1, -0.05) is 79.4 Å². The van der Waals surface area contributed by atoms with Crippen LogP contribution in [0.25, 0.3) is 22.3 Å². The first-order valence-electron chi connectivity index (χ1n) is 8.90. The summed E-state index contributed by atoms with van der Waals surface area (Å²) < 4.78 is 0. The predicted octanol–water partition coefficient (Wildman–Crippen LogP) is 6.73. The smallest absolute Gasteiger partial charge is 0.0314 e. The molecular weight excluding hydrogens is 346 g/mol. The Hall–Kier alpha value is -2.97. The van der Waals surface area contributed by atoms with Crippen molar-refractivity contribution >= 4 is 18.3 Å². The number of hydrogen-bond acceptors (Lipinski definition) is 2. The molecule has 0 aliphatic heterocycles. The second kappa shape index (κ2) is 9.11. The van der Waals surface area contributed by atoms with Crippen LogP contribution >= 0.6 is 12.6 Å². The van der Waals surface area contributed by atoms with Crippen molar-refractivity contribution in [1.29, 1.82) is 0 Å². The molecule has 0 bridgehead atoms. The van der Waals surface area contributed by atoms with Gasteiger partial charge in [-0.25, -0.2) is 0 Å². The fourth-order valence-electron chi connectivity index (χ4n) is 2.91. The number of allylic oxidation sites excluding steroid dienone is 5. The van der Waals surface area contributed by atoms with Crippen LogP contribution in [0, 0.1) is 0 Å². The van der Waals surface area contributed by atoms with Gasteiger partial charge in [-0.2, -0.15) is 0 Å². The zero-order valence-electron chi connectivity index (χ0n) is 15.2.